The Morgan fingerprint density at radius 3 is 2.42 bits per heavy atom. The van der Waals surface area contributed by atoms with Crippen LogP contribution in [0.25, 0.3) is 0 Å². The molecule has 4 nitrogen and oxygen atoms in total. The Kier molecular flexibility index (Phi) is 9.47. The maximum atomic E-state index is 13.1. The van der Waals surface area contributed by atoms with Crippen LogP contribution >= 0.6 is 27.7 Å². The average Bonchev–Trinajstić information content (AvgIpc) is 3.29. The van der Waals surface area contributed by atoms with E-state index in [1.54, 1.807) is 16.7 Å². The van der Waals surface area contributed by atoms with Gasteiger partial charge in [0, 0.05) is 35.0 Å². The molecule has 1 fully saturated rings. The molecule has 2 aromatic rings. The number of benzene rings is 2. The molecule has 1 aliphatic rings. The minimum atomic E-state index is -0.490. The Balaban J connectivity index is 1.59. The maximum absolute atomic E-state index is 13.1. The summed E-state index contributed by atoms with van der Waals surface area (Å²) in [5.41, 5.74) is 2.28. The van der Waals surface area contributed by atoms with Crippen LogP contribution in [0.15, 0.2) is 59.1 Å². The first-order chi connectivity index (χ1) is 15.0. The van der Waals surface area contributed by atoms with Crippen molar-refractivity contribution in [1.29, 1.82) is 0 Å². The molecule has 0 radical (unpaired) electrons. The first-order valence-electron chi connectivity index (χ1n) is 11.0. The minimum absolute atomic E-state index is 0.0255. The van der Waals surface area contributed by atoms with Crippen LogP contribution in [0.4, 0.5) is 0 Å². The molecule has 6 heteroatoms. The van der Waals surface area contributed by atoms with Gasteiger partial charge in [0.25, 0.3) is 0 Å². The molecule has 0 aromatic heterocycles. The SMILES string of the molecule is C[C@@H](C(=O)NC1CCCC1)N(Cc1ccc(Br)cc1)C(=O)CCSCc1ccccc1. The molecule has 0 heterocycles. The van der Waals surface area contributed by atoms with Crippen LogP contribution in [0.5, 0.6) is 0 Å². The second-order valence-corrected chi connectivity index (χ2v) is 10.1. The van der Waals surface area contributed by atoms with E-state index in [0.29, 0.717) is 13.0 Å². The van der Waals surface area contributed by atoms with Gasteiger partial charge in [0.15, 0.2) is 0 Å². The Bertz CT molecular complexity index is 838. The molecule has 31 heavy (non-hydrogen) atoms. The van der Waals surface area contributed by atoms with Crippen LogP contribution in [0, 0.1) is 0 Å². The lowest BCUT2D eigenvalue weighted by atomic mass is 10.1. The Hall–Kier alpha value is -1.79. The number of halogens is 1. The number of amides is 2. The minimum Gasteiger partial charge on any atom is -0.352 e. The summed E-state index contributed by atoms with van der Waals surface area (Å²) in [7, 11) is 0. The second kappa shape index (κ2) is 12.3. The zero-order valence-electron chi connectivity index (χ0n) is 18.1. The van der Waals surface area contributed by atoms with Crippen LogP contribution in [0.3, 0.4) is 0 Å². The van der Waals surface area contributed by atoms with Gasteiger partial charge in [0.05, 0.1) is 0 Å². The molecule has 0 unspecified atom stereocenters. The standard InChI is InChI=1S/C25H31BrN2O2S/c1-19(25(30)27-23-9-5-6-10-23)28(17-20-11-13-22(26)14-12-20)24(29)15-16-31-18-21-7-3-2-4-8-21/h2-4,7-8,11-14,19,23H,5-6,9-10,15-18H2,1H3,(H,27,30)/t19-/m0/s1. The van der Waals surface area contributed by atoms with Crippen molar-refractivity contribution < 1.29 is 9.59 Å². The highest BCUT2D eigenvalue weighted by molar-refractivity contribution is 9.10. The molecule has 1 saturated carbocycles. The van der Waals surface area contributed by atoms with Gasteiger partial charge >= 0.3 is 0 Å². The third-order valence-corrected chi connectivity index (χ3v) is 7.27. The molecule has 2 amide bonds. The second-order valence-electron chi connectivity index (χ2n) is 8.10. The van der Waals surface area contributed by atoms with E-state index in [4.69, 9.17) is 0 Å². The summed E-state index contributed by atoms with van der Waals surface area (Å²) in [5, 5.41) is 3.15. The summed E-state index contributed by atoms with van der Waals surface area (Å²) in [6, 6.07) is 18.0. The highest BCUT2D eigenvalue weighted by Gasteiger charge is 2.28. The first-order valence-corrected chi connectivity index (χ1v) is 12.9. The third-order valence-electron chi connectivity index (χ3n) is 5.71. The fourth-order valence-corrected chi connectivity index (χ4v) is 4.98. The quantitative estimate of drug-likeness (QED) is 0.433. The van der Waals surface area contributed by atoms with Gasteiger partial charge in [0.1, 0.15) is 6.04 Å². The van der Waals surface area contributed by atoms with Gasteiger partial charge in [-0.3, -0.25) is 9.59 Å². The number of hydrogen-bond acceptors (Lipinski definition) is 3. The summed E-state index contributed by atoms with van der Waals surface area (Å²) in [4.78, 5) is 27.8. The normalized spacial score (nSPS) is 14.9. The smallest absolute Gasteiger partial charge is 0.242 e. The molecule has 0 bridgehead atoms. The lowest BCUT2D eigenvalue weighted by Gasteiger charge is -2.30. The van der Waals surface area contributed by atoms with Crippen LogP contribution in [-0.4, -0.2) is 34.6 Å². The van der Waals surface area contributed by atoms with Crippen molar-refractivity contribution in [2.45, 2.75) is 63.4 Å². The molecule has 0 spiro atoms. The molecule has 0 aliphatic heterocycles. The summed E-state index contributed by atoms with van der Waals surface area (Å²) in [6.07, 6.45) is 4.83. The van der Waals surface area contributed by atoms with Gasteiger partial charge in [-0.05, 0) is 43.0 Å². The topological polar surface area (TPSA) is 49.4 Å². The van der Waals surface area contributed by atoms with Gasteiger partial charge in [-0.1, -0.05) is 71.2 Å². The van der Waals surface area contributed by atoms with Gasteiger partial charge in [-0.25, -0.2) is 0 Å². The zero-order chi connectivity index (χ0) is 22.1. The molecule has 166 valence electrons. The van der Waals surface area contributed by atoms with Crippen molar-refractivity contribution >= 4 is 39.5 Å². The number of carbonyl (C=O) groups excluding carboxylic acids is 2. The predicted molar refractivity (Wildman–Crippen MR) is 132 cm³/mol. The monoisotopic (exact) mass is 502 g/mol. The van der Waals surface area contributed by atoms with E-state index in [-0.39, 0.29) is 17.9 Å². The highest BCUT2D eigenvalue weighted by atomic mass is 79.9. The van der Waals surface area contributed by atoms with Crippen molar-refractivity contribution in [2.75, 3.05) is 5.75 Å². The van der Waals surface area contributed by atoms with Crippen LogP contribution < -0.4 is 5.32 Å². The Morgan fingerprint density at radius 1 is 1.06 bits per heavy atom. The molecule has 1 aliphatic carbocycles. The van der Waals surface area contributed by atoms with Crippen LogP contribution in [0.1, 0.15) is 50.2 Å². The Labute approximate surface area is 198 Å². The van der Waals surface area contributed by atoms with E-state index < -0.39 is 6.04 Å². The Morgan fingerprint density at radius 2 is 1.74 bits per heavy atom. The molecular weight excluding hydrogens is 472 g/mol. The molecule has 2 aromatic carbocycles. The summed E-state index contributed by atoms with van der Waals surface area (Å²) in [6.45, 7) is 2.28. The van der Waals surface area contributed by atoms with Gasteiger partial charge in [0.2, 0.25) is 11.8 Å². The van der Waals surface area contributed by atoms with Crippen molar-refractivity contribution in [3.63, 3.8) is 0 Å². The van der Waals surface area contributed by atoms with Gasteiger partial charge in [-0.15, -0.1) is 0 Å². The molecule has 0 saturated heterocycles. The van der Waals surface area contributed by atoms with Crippen LogP contribution in [0.2, 0.25) is 0 Å². The van der Waals surface area contributed by atoms with Gasteiger partial charge < -0.3 is 10.2 Å². The third kappa shape index (κ3) is 7.69. The first kappa shape index (κ1) is 23.9. The molecule has 1 atom stereocenters. The van der Waals surface area contributed by atoms with E-state index in [0.717, 1.165) is 34.4 Å². The van der Waals surface area contributed by atoms with E-state index in [9.17, 15) is 9.59 Å². The number of nitrogens with zero attached hydrogens (tertiary/aromatic N) is 1. The summed E-state index contributed by atoms with van der Waals surface area (Å²) in [5.74, 6) is 1.60. The van der Waals surface area contributed by atoms with E-state index in [1.165, 1.54) is 18.4 Å². The largest absolute Gasteiger partial charge is 0.352 e. The molecule has 3 rings (SSSR count). The summed E-state index contributed by atoms with van der Waals surface area (Å²) < 4.78 is 0.999. The van der Waals surface area contributed by atoms with Crippen LogP contribution in [-0.2, 0) is 21.9 Å². The predicted octanol–water partition coefficient (Wildman–Crippen LogP) is 5.55. The number of rotatable bonds is 10. The fourth-order valence-electron chi connectivity index (χ4n) is 3.83. The highest BCUT2D eigenvalue weighted by Crippen LogP contribution is 2.20. The average molecular weight is 504 g/mol. The van der Waals surface area contributed by atoms with Crippen molar-refractivity contribution in [2.24, 2.45) is 0 Å². The van der Waals surface area contributed by atoms with Gasteiger partial charge in [-0.2, -0.15) is 11.8 Å². The van der Waals surface area contributed by atoms with E-state index in [2.05, 4.69) is 33.4 Å². The van der Waals surface area contributed by atoms with E-state index in [1.807, 2.05) is 49.4 Å². The van der Waals surface area contributed by atoms with E-state index >= 15 is 0 Å². The lowest BCUT2D eigenvalue weighted by molar-refractivity contribution is -0.140. The lowest BCUT2D eigenvalue weighted by Crippen LogP contribution is -2.49. The number of nitrogens with one attached hydrogen (secondary N) is 1. The number of thioether (sulfide) groups is 1. The molecule has 1 N–H and O–H groups in total. The molecular formula is C25H31BrN2O2S. The van der Waals surface area contributed by atoms with Crippen molar-refractivity contribution in [3.05, 3.63) is 70.2 Å². The summed E-state index contributed by atoms with van der Waals surface area (Å²) >= 11 is 5.21. The van der Waals surface area contributed by atoms with Crippen molar-refractivity contribution in [1.82, 2.24) is 10.2 Å². The number of hydrogen-bond donors (Lipinski definition) is 1. The number of carbonyl (C=O) groups is 2. The fraction of sp³-hybridized carbons (Fsp3) is 0.440. The van der Waals surface area contributed by atoms with Crippen molar-refractivity contribution in [3.8, 4) is 0 Å². The maximum Gasteiger partial charge on any atom is 0.242 e. The zero-order valence-corrected chi connectivity index (χ0v) is 20.5.